The Hall–Kier alpha value is -3.22. The van der Waals surface area contributed by atoms with Crippen LogP contribution in [0.25, 0.3) is 10.9 Å². The van der Waals surface area contributed by atoms with Crippen molar-refractivity contribution in [2.45, 2.75) is 45.2 Å². The third-order valence-corrected chi connectivity index (χ3v) is 5.34. The number of carbonyl (C=O) groups excluding carboxylic acids is 1. The highest BCUT2D eigenvalue weighted by molar-refractivity contribution is 5.93. The highest BCUT2D eigenvalue weighted by Crippen LogP contribution is 2.25. The molecule has 0 bridgehead atoms. The summed E-state index contributed by atoms with van der Waals surface area (Å²) in [6.45, 7) is 1.45. The highest BCUT2D eigenvalue weighted by Gasteiger charge is 2.18. The predicted molar refractivity (Wildman–Crippen MR) is 112 cm³/mol. The van der Waals surface area contributed by atoms with Crippen molar-refractivity contribution >= 4 is 28.3 Å². The Morgan fingerprint density at radius 1 is 1.21 bits per heavy atom. The van der Waals surface area contributed by atoms with Crippen molar-refractivity contribution in [1.29, 1.82) is 0 Å². The van der Waals surface area contributed by atoms with Gasteiger partial charge in [-0.05, 0) is 49.6 Å². The molecule has 6 nitrogen and oxygen atoms in total. The van der Waals surface area contributed by atoms with E-state index in [0.717, 1.165) is 18.2 Å². The zero-order valence-corrected chi connectivity index (χ0v) is 16.2. The van der Waals surface area contributed by atoms with Crippen LogP contribution in [0.5, 0.6) is 0 Å². The maximum Gasteiger partial charge on any atom is 0.350 e. The average molecular weight is 394 g/mol. The summed E-state index contributed by atoms with van der Waals surface area (Å²) in [6.07, 6.45) is 4.47. The van der Waals surface area contributed by atoms with Gasteiger partial charge in [0, 0.05) is 17.1 Å². The zero-order chi connectivity index (χ0) is 20.4. The largest absolute Gasteiger partial charge is 0.367 e. The van der Waals surface area contributed by atoms with Crippen molar-refractivity contribution in [3.8, 4) is 0 Å². The minimum Gasteiger partial charge on any atom is -0.367 e. The molecule has 0 saturated heterocycles. The standard InChI is InChI=1S/C22H23FN4O2/c1-14-10-11-16(12-18(14)23)24-20(28)13-27-19-9-5-4-8-17(19)21(26-22(27)29)25-15-6-2-3-7-15/h4-5,8-12,15H,2-3,6-7,13H2,1H3,(H,24,28)(H,25,26,29). The maximum atomic E-state index is 13.7. The summed E-state index contributed by atoms with van der Waals surface area (Å²) in [6, 6.07) is 12.2. The summed E-state index contributed by atoms with van der Waals surface area (Å²) in [5.74, 6) is -0.247. The molecule has 2 N–H and O–H groups in total. The fourth-order valence-corrected chi connectivity index (χ4v) is 3.77. The van der Waals surface area contributed by atoms with Gasteiger partial charge < -0.3 is 10.6 Å². The Bertz CT molecular complexity index is 1120. The van der Waals surface area contributed by atoms with Crippen LogP contribution in [0.3, 0.4) is 0 Å². The first-order chi connectivity index (χ1) is 14.0. The SMILES string of the molecule is Cc1ccc(NC(=O)Cn2c(=O)nc(NC3CCCC3)c3ccccc32)cc1F. The smallest absolute Gasteiger partial charge is 0.350 e. The third-order valence-electron chi connectivity index (χ3n) is 5.34. The molecule has 1 fully saturated rings. The quantitative estimate of drug-likeness (QED) is 0.689. The van der Waals surface area contributed by atoms with E-state index in [9.17, 15) is 14.0 Å². The number of anilines is 2. The van der Waals surface area contributed by atoms with Gasteiger partial charge in [-0.3, -0.25) is 9.36 Å². The van der Waals surface area contributed by atoms with Crippen molar-refractivity contribution < 1.29 is 9.18 Å². The lowest BCUT2D eigenvalue weighted by Crippen LogP contribution is -2.31. The Morgan fingerprint density at radius 3 is 2.72 bits per heavy atom. The molecular formula is C22H23FN4O2. The van der Waals surface area contributed by atoms with E-state index in [0.29, 0.717) is 28.6 Å². The molecule has 1 aromatic heterocycles. The molecule has 1 amide bonds. The molecule has 0 radical (unpaired) electrons. The van der Waals surface area contributed by atoms with Crippen LogP contribution in [0.4, 0.5) is 15.9 Å². The molecule has 1 saturated carbocycles. The van der Waals surface area contributed by atoms with Gasteiger partial charge in [0.1, 0.15) is 18.2 Å². The van der Waals surface area contributed by atoms with Crippen LogP contribution in [0.15, 0.2) is 47.3 Å². The van der Waals surface area contributed by atoms with Crippen LogP contribution in [0, 0.1) is 12.7 Å². The number of hydrogen-bond donors (Lipinski definition) is 2. The summed E-state index contributed by atoms with van der Waals surface area (Å²) >= 11 is 0. The Kier molecular flexibility index (Phi) is 5.29. The van der Waals surface area contributed by atoms with Gasteiger partial charge >= 0.3 is 5.69 Å². The summed E-state index contributed by atoms with van der Waals surface area (Å²) in [5.41, 5.74) is 0.996. The van der Waals surface area contributed by atoms with Crippen molar-refractivity contribution in [3.63, 3.8) is 0 Å². The number of amides is 1. The fourth-order valence-electron chi connectivity index (χ4n) is 3.77. The summed E-state index contributed by atoms with van der Waals surface area (Å²) in [5, 5.41) is 6.83. The first-order valence-electron chi connectivity index (χ1n) is 9.83. The topological polar surface area (TPSA) is 76.0 Å². The van der Waals surface area contributed by atoms with Crippen molar-refractivity contribution in [2.24, 2.45) is 0 Å². The molecule has 150 valence electrons. The number of carbonyl (C=O) groups is 1. The molecule has 2 aromatic carbocycles. The first-order valence-corrected chi connectivity index (χ1v) is 9.83. The lowest BCUT2D eigenvalue weighted by atomic mass is 10.2. The number of fused-ring (bicyclic) bond motifs is 1. The number of hydrogen-bond acceptors (Lipinski definition) is 4. The molecule has 0 spiro atoms. The number of halogens is 1. The van der Waals surface area contributed by atoms with Gasteiger partial charge in [0.2, 0.25) is 5.91 Å². The van der Waals surface area contributed by atoms with Crippen molar-refractivity contribution in [1.82, 2.24) is 9.55 Å². The minimum atomic E-state index is -0.491. The van der Waals surface area contributed by atoms with Gasteiger partial charge in [0.05, 0.1) is 5.52 Å². The monoisotopic (exact) mass is 394 g/mol. The lowest BCUT2D eigenvalue weighted by molar-refractivity contribution is -0.116. The van der Waals surface area contributed by atoms with E-state index in [-0.39, 0.29) is 6.54 Å². The van der Waals surface area contributed by atoms with Gasteiger partial charge in [-0.2, -0.15) is 4.98 Å². The van der Waals surface area contributed by atoms with Crippen LogP contribution < -0.4 is 16.3 Å². The second-order valence-electron chi connectivity index (χ2n) is 7.48. The second kappa shape index (κ2) is 8.03. The molecule has 1 aliphatic carbocycles. The number of nitrogens with zero attached hydrogens (tertiary/aromatic N) is 2. The fraction of sp³-hybridized carbons (Fsp3) is 0.318. The van der Waals surface area contributed by atoms with Gasteiger partial charge in [0.15, 0.2) is 0 Å². The van der Waals surface area contributed by atoms with Crippen LogP contribution in [-0.2, 0) is 11.3 Å². The number of benzene rings is 2. The molecule has 0 aliphatic heterocycles. The number of nitrogens with one attached hydrogen (secondary N) is 2. The molecule has 1 aliphatic rings. The average Bonchev–Trinajstić information content (AvgIpc) is 3.21. The van der Waals surface area contributed by atoms with Crippen LogP contribution in [0.1, 0.15) is 31.2 Å². The van der Waals surface area contributed by atoms with E-state index in [4.69, 9.17) is 0 Å². The molecule has 7 heteroatoms. The van der Waals surface area contributed by atoms with E-state index in [2.05, 4.69) is 15.6 Å². The van der Waals surface area contributed by atoms with Gasteiger partial charge in [0.25, 0.3) is 0 Å². The molecular weight excluding hydrogens is 371 g/mol. The number of rotatable bonds is 5. The van der Waals surface area contributed by atoms with Gasteiger partial charge in [-0.15, -0.1) is 0 Å². The van der Waals surface area contributed by atoms with E-state index in [1.54, 1.807) is 25.1 Å². The minimum absolute atomic E-state index is 0.203. The number of aromatic nitrogens is 2. The summed E-state index contributed by atoms with van der Waals surface area (Å²) < 4.78 is 15.1. The Balaban J connectivity index is 1.61. The van der Waals surface area contributed by atoms with E-state index in [1.165, 1.54) is 23.5 Å². The van der Waals surface area contributed by atoms with Crippen LogP contribution in [-0.4, -0.2) is 21.5 Å². The van der Waals surface area contributed by atoms with E-state index in [1.807, 2.05) is 18.2 Å². The molecule has 0 atom stereocenters. The lowest BCUT2D eigenvalue weighted by Gasteiger charge is -2.17. The predicted octanol–water partition coefficient (Wildman–Crippen LogP) is 3.84. The maximum absolute atomic E-state index is 13.7. The Labute approximate surface area is 167 Å². The molecule has 1 heterocycles. The normalized spacial score (nSPS) is 14.3. The van der Waals surface area contributed by atoms with Crippen LogP contribution in [0.2, 0.25) is 0 Å². The molecule has 0 unspecified atom stereocenters. The summed E-state index contributed by atoms with van der Waals surface area (Å²) in [4.78, 5) is 29.4. The van der Waals surface area contributed by atoms with E-state index >= 15 is 0 Å². The zero-order valence-electron chi connectivity index (χ0n) is 16.2. The highest BCUT2D eigenvalue weighted by atomic mass is 19.1. The molecule has 29 heavy (non-hydrogen) atoms. The molecule has 4 rings (SSSR count). The number of para-hydroxylation sites is 1. The van der Waals surface area contributed by atoms with Gasteiger partial charge in [-0.1, -0.05) is 31.0 Å². The third kappa shape index (κ3) is 4.13. The van der Waals surface area contributed by atoms with Crippen molar-refractivity contribution in [2.75, 3.05) is 10.6 Å². The summed E-state index contributed by atoms with van der Waals surface area (Å²) in [7, 11) is 0. The molecule has 3 aromatic rings. The van der Waals surface area contributed by atoms with Crippen LogP contribution >= 0.6 is 0 Å². The van der Waals surface area contributed by atoms with E-state index < -0.39 is 17.4 Å². The second-order valence-corrected chi connectivity index (χ2v) is 7.48. The Morgan fingerprint density at radius 2 is 1.97 bits per heavy atom. The first kappa shape index (κ1) is 19.1. The van der Waals surface area contributed by atoms with Gasteiger partial charge in [-0.25, -0.2) is 9.18 Å². The van der Waals surface area contributed by atoms with Crippen molar-refractivity contribution in [3.05, 3.63) is 64.3 Å². The number of aryl methyl sites for hydroxylation is 1.